The second kappa shape index (κ2) is 9.64. The van der Waals surface area contributed by atoms with Crippen LogP contribution in [0.1, 0.15) is 12.8 Å². The number of amides is 1. The number of anilines is 1. The monoisotopic (exact) mass is 448 g/mol. The number of carbonyl (C=O) groups is 2. The zero-order chi connectivity index (χ0) is 22.6. The Morgan fingerprint density at radius 3 is 2.68 bits per heavy atom. The molecule has 0 spiro atoms. The molecule has 4 rings (SSSR count). The lowest BCUT2D eigenvalue weighted by molar-refractivity contribution is -0.192. The maximum atomic E-state index is 12.3. The molecule has 3 saturated heterocycles. The summed E-state index contributed by atoms with van der Waals surface area (Å²) in [6.07, 6.45) is -2.01. The number of methoxy groups -OCH3 is 1. The molecule has 31 heavy (non-hydrogen) atoms. The van der Waals surface area contributed by atoms with E-state index in [0.29, 0.717) is 38.0 Å². The average molecular weight is 448 g/mol. The third-order valence-corrected chi connectivity index (χ3v) is 5.31. The van der Waals surface area contributed by atoms with Gasteiger partial charge in [0.1, 0.15) is 12.1 Å². The van der Waals surface area contributed by atoms with Gasteiger partial charge in [0.05, 0.1) is 33.0 Å². The molecule has 1 amide bonds. The Hall–Kier alpha value is -2.67. The van der Waals surface area contributed by atoms with Crippen molar-refractivity contribution in [1.29, 1.82) is 0 Å². The number of nitrogens with zero attached hydrogens (tertiary/aromatic N) is 4. The third-order valence-electron chi connectivity index (χ3n) is 5.31. The van der Waals surface area contributed by atoms with E-state index in [4.69, 9.17) is 24.2 Å². The zero-order valence-corrected chi connectivity index (χ0v) is 16.7. The van der Waals surface area contributed by atoms with Crippen LogP contribution in [0.3, 0.4) is 0 Å². The Bertz CT molecular complexity index is 790. The Labute approximate surface area is 175 Å². The topological polar surface area (TPSA) is 114 Å². The summed E-state index contributed by atoms with van der Waals surface area (Å²) in [7, 11) is 1.59. The Morgan fingerprint density at radius 1 is 1.32 bits per heavy atom. The first-order valence-corrected chi connectivity index (χ1v) is 9.65. The van der Waals surface area contributed by atoms with E-state index in [0.717, 1.165) is 25.3 Å². The molecule has 3 atom stereocenters. The fourth-order valence-electron chi connectivity index (χ4n) is 3.78. The second-order valence-electron chi connectivity index (χ2n) is 7.31. The minimum absolute atomic E-state index is 0.0731. The van der Waals surface area contributed by atoms with Crippen molar-refractivity contribution < 1.29 is 42.2 Å². The summed E-state index contributed by atoms with van der Waals surface area (Å²) in [5, 5.41) is 8.63. The van der Waals surface area contributed by atoms with Crippen molar-refractivity contribution in [2.75, 3.05) is 44.9 Å². The van der Waals surface area contributed by atoms with Crippen LogP contribution >= 0.6 is 0 Å². The molecule has 3 fully saturated rings. The number of ether oxygens (including phenoxy) is 2. The standard InChI is InChI=1S/C16H22N4O4.C2HF3O2/c1-22-15-6-14(17-10-18-15)19-7-12-11(9-23-13(12)8-19)5-16(21)20-3-2-4-24-20;3-2(4,5)1(6)7/h6,10-13H,2-5,7-9H2,1H3;(H,6,7)/t11-,12+,13+;/m0./s1. The Morgan fingerprint density at radius 2 is 2.06 bits per heavy atom. The molecule has 0 saturated carbocycles. The van der Waals surface area contributed by atoms with Gasteiger partial charge in [-0.1, -0.05) is 0 Å². The fourth-order valence-corrected chi connectivity index (χ4v) is 3.78. The molecule has 0 aromatic carbocycles. The highest BCUT2D eigenvalue weighted by Crippen LogP contribution is 2.37. The van der Waals surface area contributed by atoms with Crippen molar-refractivity contribution in [1.82, 2.24) is 15.0 Å². The summed E-state index contributed by atoms with van der Waals surface area (Å²) in [6.45, 7) is 3.62. The molecule has 10 nitrogen and oxygen atoms in total. The lowest BCUT2D eigenvalue weighted by Crippen LogP contribution is -2.31. The van der Waals surface area contributed by atoms with Gasteiger partial charge in [0.15, 0.2) is 0 Å². The van der Waals surface area contributed by atoms with E-state index in [1.807, 2.05) is 6.07 Å². The van der Waals surface area contributed by atoms with E-state index in [1.165, 1.54) is 11.4 Å². The van der Waals surface area contributed by atoms with Crippen molar-refractivity contribution in [2.45, 2.75) is 25.1 Å². The molecule has 3 aliphatic rings. The maximum absolute atomic E-state index is 12.3. The molecular weight excluding hydrogens is 425 g/mol. The van der Waals surface area contributed by atoms with Gasteiger partial charge in [-0.05, 0) is 12.3 Å². The van der Waals surface area contributed by atoms with Crippen LogP contribution in [0.25, 0.3) is 0 Å². The normalized spacial score (nSPS) is 25.1. The minimum Gasteiger partial charge on any atom is -0.481 e. The highest BCUT2D eigenvalue weighted by molar-refractivity contribution is 5.75. The molecule has 0 aliphatic carbocycles. The predicted molar refractivity (Wildman–Crippen MR) is 98.1 cm³/mol. The van der Waals surface area contributed by atoms with Gasteiger partial charge < -0.3 is 19.5 Å². The van der Waals surface area contributed by atoms with E-state index < -0.39 is 12.1 Å². The lowest BCUT2D eigenvalue weighted by Gasteiger charge is -2.21. The van der Waals surface area contributed by atoms with Crippen LogP contribution in [0.15, 0.2) is 12.4 Å². The zero-order valence-electron chi connectivity index (χ0n) is 16.7. The SMILES string of the molecule is COc1cc(N2C[C@@H]3[C@@H](CC(=O)N4CCCO4)CO[C@@H]3C2)ncn1.O=C(O)C(F)(F)F. The summed E-state index contributed by atoms with van der Waals surface area (Å²) in [4.78, 5) is 37.1. The van der Waals surface area contributed by atoms with E-state index in [1.54, 1.807) is 7.11 Å². The Kier molecular flexibility index (Phi) is 7.15. The van der Waals surface area contributed by atoms with Crippen LogP contribution in [-0.2, 0) is 19.2 Å². The van der Waals surface area contributed by atoms with Crippen molar-refractivity contribution >= 4 is 17.7 Å². The minimum atomic E-state index is -5.08. The summed E-state index contributed by atoms with van der Waals surface area (Å²) >= 11 is 0. The molecule has 0 radical (unpaired) electrons. The predicted octanol–water partition coefficient (Wildman–Crippen LogP) is 1.12. The number of carbonyl (C=O) groups excluding carboxylic acids is 1. The van der Waals surface area contributed by atoms with Gasteiger partial charge in [-0.25, -0.2) is 19.8 Å². The summed E-state index contributed by atoms with van der Waals surface area (Å²) < 4.78 is 42.8. The molecule has 1 N–H and O–H groups in total. The van der Waals surface area contributed by atoms with Gasteiger partial charge >= 0.3 is 12.1 Å². The number of alkyl halides is 3. The lowest BCUT2D eigenvalue weighted by atomic mass is 9.90. The summed E-state index contributed by atoms with van der Waals surface area (Å²) in [5.74, 6) is -0.710. The summed E-state index contributed by atoms with van der Waals surface area (Å²) in [5.41, 5.74) is 0. The van der Waals surface area contributed by atoms with Crippen molar-refractivity contribution in [2.24, 2.45) is 11.8 Å². The van der Waals surface area contributed by atoms with Crippen LogP contribution in [0.4, 0.5) is 19.0 Å². The highest BCUT2D eigenvalue weighted by Gasteiger charge is 2.45. The molecule has 13 heteroatoms. The molecule has 0 bridgehead atoms. The van der Waals surface area contributed by atoms with Crippen LogP contribution in [0, 0.1) is 11.8 Å². The number of fused-ring (bicyclic) bond motifs is 1. The number of hydrogen-bond acceptors (Lipinski definition) is 8. The molecule has 0 unspecified atom stereocenters. The number of hydroxylamine groups is 2. The number of hydrogen-bond donors (Lipinski definition) is 1. The smallest absolute Gasteiger partial charge is 0.481 e. The van der Waals surface area contributed by atoms with Crippen LogP contribution in [-0.4, -0.2) is 84.3 Å². The number of halogens is 3. The highest BCUT2D eigenvalue weighted by atomic mass is 19.4. The molecule has 3 aliphatic heterocycles. The maximum Gasteiger partial charge on any atom is 0.490 e. The first kappa shape index (κ1) is 23.0. The van der Waals surface area contributed by atoms with Gasteiger partial charge in [0.25, 0.3) is 0 Å². The second-order valence-corrected chi connectivity index (χ2v) is 7.31. The van der Waals surface area contributed by atoms with E-state index >= 15 is 0 Å². The van der Waals surface area contributed by atoms with Crippen molar-refractivity contribution in [3.05, 3.63) is 12.4 Å². The molecule has 1 aromatic heterocycles. The first-order chi connectivity index (χ1) is 14.7. The average Bonchev–Trinajstić information content (AvgIpc) is 3.46. The first-order valence-electron chi connectivity index (χ1n) is 9.65. The number of carboxylic acid groups (broad SMARTS) is 1. The Balaban J connectivity index is 0.000000339. The molecular formula is C18H23F3N4O6. The third kappa shape index (κ3) is 5.73. The van der Waals surface area contributed by atoms with Crippen LogP contribution in [0.2, 0.25) is 0 Å². The van der Waals surface area contributed by atoms with Crippen LogP contribution in [0.5, 0.6) is 5.88 Å². The van der Waals surface area contributed by atoms with Crippen molar-refractivity contribution in [3.63, 3.8) is 0 Å². The van der Waals surface area contributed by atoms with Crippen molar-refractivity contribution in [3.8, 4) is 5.88 Å². The summed E-state index contributed by atoms with van der Waals surface area (Å²) in [6, 6.07) is 1.83. The van der Waals surface area contributed by atoms with Gasteiger partial charge in [-0.3, -0.25) is 9.63 Å². The molecule has 1 aromatic rings. The van der Waals surface area contributed by atoms with Gasteiger partial charge in [0.2, 0.25) is 11.8 Å². The number of aromatic nitrogens is 2. The van der Waals surface area contributed by atoms with E-state index in [9.17, 15) is 18.0 Å². The van der Waals surface area contributed by atoms with Gasteiger partial charge in [-0.15, -0.1) is 0 Å². The van der Waals surface area contributed by atoms with Gasteiger partial charge in [0, 0.05) is 31.5 Å². The van der Waals surface area contributed by atoms with Gasteiger partial charge in [-0.2, -0.15) is 13.2 Å². The van der Waals surface area contributed by atoms with E-state index in [-0.39, 0.29) is 17.9 Å². The van der Waals surface area contributed by atoms with E-state index in [2.05, 4.69) is 14.9 Å². The largest absolute Gasteiger partial charge is 0.490 e. The number of aliphatic carboxylic acids is 1. The van der Waals surface area contributed by atoms with Crippen LogP contribution < -0.4 is 9.64 Å². The fraction of sp³-hybridized carbons (Fsp3) is 0.667. The number of carboxylic acids is 1. The molecule has 4 heterocycles. The molecule has 172 valence electrons. The number of rotatable bonds is 4. The quantitative estimate of drug-likeness (QED) is 0.724.